The number of carbonyl (C=O) groups is 2. The summed E-state index contributed by atoms with van der Waals surface area (Å²) in [6.07, 6.45) is 2.23. The fourth-order valence-corrected chi connectivity index (χ4v) is 2.15. The van der Waals surface area contributed by atoms with Crippen LogP contribution < -0.4 is 0 Å². The first-order valence-electron chi connectivity index (χ1n) is 5.12. The lowest BCUT2D eigenvalue weighted by Crippen LogP contribution is -2.54. The van der Waals surface area contributed by atoms with Crippen molar-refractivity contribution in [3.8, 4) is 0 Å². The molecule has 0 aromatic heterocycles. The number of nitrogens with zero attached hydrogens (tertiary/aromatic N) is 1. The van der Waals surface area contributed by atoms with E-state index in [1.54, 1.807) is 0 Å². The maximum atomic E-state index is 11.5. The lowest BCUT2D eigenvalue weighted by Gasteiger charge is -2.36. The lowest BCUT2D eigenvalue weighted by molar-refractivity contribution is -0.157. The fourth-order valence-electron chi connectivity index (χ4n) is 2.15. The van der Waals surface area contributed by atoms with Crippen LogP contribution in [0.25, 0.3) is 0 Å². The molecule has 14 heavy (non-hydrogen) atoms. The number of carboxylic acid groups (broad SMARTS) is 1. The van der Waals surface area contributed by atoms with E-state index in [1.807, 2.05) is 13.8 Å². The van der Waals surface area contributed by atoms with Crippen molar-refractivity contribution in [3.05, 3.63) is 0 Å². The number of likely N-dealkylation sites (tertiary alicyclic amines) is 1. The van der Waals surface area contributed by atoms with Gasteiger partial charge >= 0.3 is 5.97 Å². The maximum Gasteiger partial charge on any atom is 0.329 e. The Labute approximate surface area is 83.9 Å². The van der Waals surface area contributed by atoms with Gasteiger partial charge in [0.2, 0.25) is 5.91 Å². The Morgan fingerprint density at radius 2 is 2.07 bits per heavy atom. The minimum atomic E-state index is -0.965. The second-order valence-electron chi connectivity index (χ2n) is 3.69. The summed E-state index contributed by atoms with van der Waals surface area (Å²) in [7, 11) is 0. The van der Waals surface area contributed by atoms with Gasteiger partial charge in [-0.15, -0.1) is 0 Å². The summed E-state index contributed by atoms with van der Waals surface area (Å²) in [5.74, 6) is -0.895. The number of hydrogen-bond donors (Lipinski definition) is 1. The number of aliphatic carboxylic acids is 1. The highest BCUT2D eigenvalue weighted by Gasteiger charge is 2.45. The number of hydrogen-bond acceptors (Lipinski definition) is 2. The van der Waals surface area contributed by atoms with Crippen molar-refractivity contribution < 1.29 is 14.7 Å². The highest BCUT2D eigenvalue weighted by Crippen LogP contribution is 2.29. The Morgan fingerprint density at radius 1 is 1.50 bits per heavy atom. The van der Waals surface area contributed by atoms with E-state index in [4.69, 9.17) is 0 Å². The van der Waals surface area contributed by atoms with Crippen LogP contribution >= 0.6 is 0 Å². The molecule has 1 N–H and O–H groups in total. The van der Waals surface area contributed by atoms with E-state index in [2.05, 4.69) is 0 Å². The Morgan fingerprint density at radius 3 is 2.36 bits per heavy atom. The molecule has 0 spiro atoms. The molecular formula is C10H17NO3. The van der Waals surface area contributed by atoms with Gasteiger partial charge in [0, 0.05) is 13.0 Å². The van der Waals surface area contributed by atoms with E-state index in [-0.39, 0.29) is 5.91 Å². The second kappa shape index (κ2) is 3.98. The van der Waals surface area contributed by atoms with Crippen LogP contribution in [0.3, 0.4) is 0 Å². The van der Waals surface area contributed by atoms with E-state index in [9.17, 15) is 14.7 Å². The predicted molar refractivity (Wildman–Crippen MR) is 51.9 cm³/mol. The quantitative estimate of drug-likeness (QED) is 0.741. The summed E-state index contributed by atoms with van der Waals surface area (Å²) in [6, 6.07) is 0. The molecule has 0 radical (unpaired) electrons. The van der Waals surface area contributed by atoms with Gasteiger partial charge in [-0.25, -0.2) is 4.79 Å². The second-order valence-corrected chi connectivity index (χ2v) is 3.69. The number of rotatable bonds is 4. The minimum Gasteiger partial charge on any atom is -0.479 e. The molecule has 0 unspecified atom stereocenters. The summed E-state index contributed by atoms with van der Waals surface area (Å²) in [5, 5.41) is 9.21. The van der Waals surface area contributed by atoms with Gasteiger partial charge in [-0.1, -0.05) is 13.8 Å². The Kier molecular flexibility index (Phi) is 3.13. The molecule has 4 heteroatoms. The molecule has 1 amide bonds. The van der Waals surface area contributed by atoms with E-state index in [0.29, 0.717) is 25.8 Å². The highest BCUT2D eigenvalue weighted by molar-refractivity contribution is 5.88. The lowest BCUT2D eigenvalue weighted by atomic mass is 9.91. The molecule has 0 aromatic rings. The molecule has 0 saturated carbocycles. The Balaban J connectivity index is 2.96. The Bertz CT molecular complexity index is 246. The van der Waals surface area contributed by atoms with E-state index in [0.717, 1.165) is 6.42 Å². The number of amides is 1. The number of carboxylic acids is 1. The van der Waals surface area contributed by atoms with Gasteiger partial charge in [0.05, 0.1) is 0 Å². The van der Waals surface area contributed by atoms with Crippen molar-refractivity contribution in [3.63, 3.8) is 0 Å². The minimum absolute atomic E-state index is 0.0175. The van der Waals surface area contributed by atoms with Gasteiger partial charge in [0.25, 0.3) is 0 Å². The molecule has 1 aliphatic heterocycles. The van der Waals surface area contributed by atoms with E-state index < -0.39 is 11.5 Å². The normalized spacial score (nSPS) is 17.6. The van der Waals surface area contributed by atoms with Crippen LogP contribution in [0.4, 0.5) is 0 Å². The zero-order valence-electron chi connectivity index (χ0n) is 8.75. The van der Waals surface area contributed by atoms with Gasteiger partial charge in [0.1, 0.15) is 5.54 Å². The molecule has 0 bridgehead atoms. The van der Waals surface area contributed by atoms with Crippen LogP contribution in [0.1, 0.15) is 39.5 Å². The molecule has 1 heterocycles. The van der Waals surface area contributed by atoms with Crippen molar-refractivity contribution in [1.82, 2.24) is 4.90 Å². The van der Waals surface area contributed by atoms with Crippen LogP contribution in [0.2, 0.25) is 0 Å². The van der Waals surface area contributed by atoms with Crippen molar-refractivity contribution in [1.29, 1.82) is 0 Å². The molecule has 1 aliphatic rings. The first kappa shape index (κ1) is 11.0. The number of carbonyl (C=O) groups excluding carboxylic acids is 1. The molecule has 1 fully saturated rings. The summed E-state index contributed by atoms with van der Waals surface area (Å²) in [6.45, 7) is 4.24. The third kappa shape index (κ3) is 1.49. The van der Waals surface area contributed by atoms with E-state index in [1.165, 1.54) is 4.90 Å². The van der Waals surface area contributed by atoms with Crippen molar-refractivity contribution in [2.24, 2.45) is 0 Å². The standard InChI is InChI=1S/C10H17NO3/c1-3-10(4-2,9(13)14)11-7-5-6-8(11)12/h3-7H2,1-2H3,(H,13,14). The Hall–Kier alpha value is -1.06. The van der Waals surface area contributed by atoms with E-state index >= 15 is 0 Å². The summed E-state index contributed by atoms with van der Waals surface area (Å²) < 4.78 is 0. The van der Waals surface area contributed by atoms with Crippen LogP contribution in [-0.2, 0) is 9.59 Å². The zero-order chi connectivity index (χ0) is 10.8. The predicted octanol–water partition coefficient (Wildman–Crippen LogP) is 1.25. The first-order chi connectivity index (χ1) is 6.58. The zero-order valence-corrected chi connectivity index (χ0v) is 8.75. The van der Waals surface area contributed by atoms with Crippen LogP contribution in [0.15, 0.2) is 0 Å². The monoisotopic (exact) mass is 199 g/mol. The third-order valence-electron chi connectivity index (χ3n) is 3.16. The van der Waals surface area contributed by atoms with Crippen molar-refractivity contribution in [2.75, 3.05) is 6.54 Å². The van der Waals surface area contributed by atoms with Gasteiger partial charge in [0.15, 0.2) is 0 Å². The molecule has 0 aliphatic carbocycles. The van der Waals surface area contributed by atoms with Crippen molar-refractivity contribution in [2.45, 2.75) is 45.1 Å². The molecule has 0 atom stereocenters. The highest BCUT2D eigenvalue weighted by atomic mass is 16.4. The average molecular weight is 199 g/mol. The average Bonchev–Trinajstić information content (AvgIpc) is 2.55. The molecule has 4 nitrogen and oxygen atoms in total. The molecule has 1 rings (SSSR count). The largest absolute Gasteiger partial charge is 0.479 e. The van der Waals surface area contributed by atoms with Crippen molar-refractivity contribution >= 4 is 11.9 Å². The maximum absolute atomic E-state index is 11.5. The van der Waals surface area contributed by atoms with Gasteiger partial charge in [-0.05, 0) is 19.3 Å². The van der Waals surface area contributed by atoms with Gasteiger partial charge in [-0.2, -0.15) is 0 Å². The van der Waals surface area contributed by atoms with Crippen LogP contribution in [-0.4, -0.2) is 34.0 Å². The molecule has 80 valence electrons. The van der Waals surface area contributed by atoms with Crippen LogP contribution in [0, 0.1) is 0 Å². The summed E-state index contributed by atoms with van der Waals surface area (Å²) in [4.78, 5) is 24.3. The van der Waals surface area contributed by atoms with Crippen LogP contribution in [0.5, 0.6) is 0 Å². The summed E-state index contributed by atoms with van der Waals surface area (Å²) >= 11 is 0. The fraction of sp³-hybridized carbons (Fsp3) is 0.800. The summed E-state index contributed by atoms with van der Waals surface area (Å²) in [5.41, 5.74) is -0.965. The molecular weight excluding hydrogens is 182 g/mol. The SMILES string of the molecule is CCC(CC)(C(=O)O)N1CCCC1=O. The first-order valence-corrected chi connectivity index (χ1v) is 5.12. The van der Waals surface area contributed by atoms with Gasteiger partial charge < -0.3 is 10.0 Å². The smallest absolute Gasteiger partial charge is 0.329 e. The third-order valence-corrected chi connectivity index (χ3v) is 3.16. The topological polar surface area (TPSA) is 57.6 Å². The molecule has 0 aromatic carbocycles. The molecule has 1 saturated heterocycles. The van der Waals surface area contributed by atoms with Gasteiger partial charge in [-0.3, -0.25) is 4.79 Å².